The van der Waals surface area contributed by atoms with Gasteiger partial charge in [0.1, 0.15) is 0 Å². The van der Waals surface area contributed by atoms with Crippen LogP contribution in [0.15, 0.2) is 18.2 Å². The van der Waals surface area contributed by atoms with Crippen LogP contribution in [0.3, 0.4) is 0 Å². The summed E-state index contributed by atoms with van der Waals surface area (Å²) in [6.45, 7) is 1.91. The van der Waals surface area contributed by atoms with Gasteiger partial charge in [-0.1, -0.05) is 0 Å². The minimum absolute atomic E-state index is 0.0797. The Hall–Kier alpha value is -1.75. The average Bonchev–Trinajstić information content (AvgIpc) is 3.05. The lowest BCUT2D eigenvalue weighted by Gasteiger charge is -2.24. The molecular weight excluding hydrogens is 244 g/mol. The number of likely N-dealkylation sites (N-methyl/N-ethyl adjacent to an activating group) is 1. The summed E-state index contributed by atoms with van der Waals surface area (Å²) in [7, 11) is 1.92. The molecule has 0 bridgehead atoms. The fourth-order valence-electron chi connectivity index (χ4n) is 2.75. The zero-order valence-electron chi connectivity index (χ0n) is 11.0. The fourth-order valence-corrected chi connectivity index (χ4v) is 2.75. The lowest BCUT2D eigenvalue weighted by Crippen LogP contribution is -2.40. The molecule has 2 aliphatic heterocycles. The predicted molar refractivity (Wildman–Crippen MR) is 70.6 cm³/mol. The number of hydrogen-bond donors (Lipinski definition) is 1. The van der Waals surface area contributed by atoms with Gasteiger partial charge in [0.15, 0.2) is 11.5 Å². The quantitative estimate of drug-likeness (QED) is 0.890. The van der Waals surface area contributed by atoms with E-state index in [0.717, 1.165) is 25.9 Å². The summed E-state index contributed by atoms with van der Waals surface area (Å²) in [4.78, 5) is 14.5. The molecule has 1 atom stereocenters. The van der Waals surface area contributed by atoms with Crippen molar-refractivity contribution in [1.82, 2.24) is 10.2 Å². The molecule has 102 valence electrons. The van der Waals surface area contributed by atoms with Gasteiger partial charge in [0.2, 0.25) is 6.79 Å². The first-order chi connectivity index (χ1) is 9.29. The minimum Gasteiger partial charge on any atom is -0.454 e. The van der Waals surface area contributed by atoms with Crippen LogP contribution in [0.25, 0.3) is 0 Å². The number of amides is 1. The molecule has 19 heavy (non-hydrogen) atoms. The van der Waals surface area contributed by atoms with E-state index in [1.54, 1.807) is 12.1 Å². The highest BCUT2D eigenvalue weighted by Crippen LogP contribution is 2.33. The molecule has 0 aromatic heterocycles. The van der Waals surface area contributed by atoms with Crippen molar-refractivity contribution < 1.29 is 14.3 Å². The molecule has 0 radical (unpaired) electrons. The zero-order chi connectivity index (χ0) is 13.2. The van der Waals surface area contributed by atoms with E-state index in [2.05, 4.69) is 5.32 Å². The molecule has 1 amide bonds. The van der Waals surface area contributed by atoms with Crippen molar-refractivity contribution in [2.45, 2.75) is 18.9 Å². The molecule has 0 saturated carbocycles. The van der Waals surface area contributed by atoms with Crippen LogP contribution in [0.5, 0.6) is 11.5 Å². The number of carbonyl (C=O) groups is 1. The van der Waals surface area contributed by atoms with Crippen LogP contribution in [0, 0.1) is 0 Å². The molecule has 5 nitrogen and oxygen atoms in total. The highest BCUT2D eigenvalue weighted by Gasteiger charge is 2.29. The Morgan fingerprint density at radius 1 is 1.42 bits per heavy atom. The normalized spacial score (nSPS) is 20.9. The largest absolute Gasteiger partial charge is 0.454 e. The Bertz CT molecular complexity index is 490. The van der Waals surface area contributed by atoms with Crippen LogP contribution in [0.4, 0.5) is 0 Å². The maximum atomic E-state index is 12.5. The average molecular weight is 262 g/mol. The van der Waals surface area contributed by atoms with E-state index in [0.29, 0.717) is 23.1 Å². The van der Waals surface area contributed by atoms with Crippen molar-refractivity contribution in [3.63, 3.8) is 0 Å². The van der Waals surface area contributed by atoms with E-state index in [1.807, 2.05) is 18.0 Å². The van der Waals surface area contributed by atoms with Crippen LogP contribution >= 0.6 is 0 Å². The molecule has 0 unspecified atom stereocenters. The fraction of sp³-hybridized carbons (Fsp3) is 0.500. The Morgan fingerprint density at radius 3 is 3.11 bits per heavy atom. The standard InChI is InChI=1S/C14H18N2O3/c1-15-8-11-3-2-6-16(11)14(17)10-4-5-12-13(7-10)19-9-18-12/h4-5,7,11,15H,2-3,6,8-9H2,1H3/t11-/m0/s1. The lowest BCUT2D eigenvalue weighted by molar-refractivity contribution is 0.0736. The Morgan fingerprint density at radius 2 is 2.26 bits per heavy atom. The topological polar surface area (TPSA) is 50.8 Å². The van der Waals surface area contributed by atoms with Crippen molar-refractivity contribution in [3.05, 3.63) is 23.8 Å². The number of nitrogens with one attached hydrogen (secondary N) is 1. The first-order valence-electron chi connectivity index (χ1n) is 6.65. The molecule has 1 N–H and O–H groups in total. The highest BCUT2D eigenvalue weighted by molar-refractivity contribution is 5.95. The van der Waals surface area contributed by atoms with E-state index in [4.69, 9.17) is 9.47 Å². The monoisotopic (exact) mass is 262 g/mol. The summed E-state index contributed by atoms with van der Waals surface area (Å²) < 4.78 is 10.6. The Kier molecular flexibility index (Phi) is 3.29. The molecule has 3 rings (SSSR count). The van der Waals surface area contributed by atoms with Gasteiger partial charge in [-0.25, -0.2) is 0 Å². The van der Waals surface area contributed by atoms with Crippen LogP contribution < -0.4 is 14.8 Å². The van der Waals surface area contributed by atoms with Gasteiger partial charge in [0.25, 0.3) is 5.91 Å². The van der Waals surface area contributed by atoms with Crippen molar-refractivity contribution in [3.8, 4) is 11.5 Å². The van der Waals surface area contributed by atoms with Crippen molar-refractivity contribution in [2.24, 2.45) is 0 Å². The van der Waals surface area contributed by atoms with Gasteiger partial charge in [-0.2, -0.15) is 0 Å². The Balaban J connectivity index is 1.79. The second-order valence-corrected chi connectivity index (χ2v) is 4.92. The summed E-state index contributed by atoms with van der Waals surface area (Å²) in [6, 6.07) is 5.69. The second-order valence-electron chi connectivity index (χ2n) is 4.92. The molecule has 0 spiro atoms. The van der Waals surface area contributed by atoms with Gasteiger partial charge in [-0.3, -0.25) is 4.79 Å². The minimum atomic E-state index is 0.0797. The van der Waals surface area contributed by atoms with Gasteiger partial charge in [-0.15, -0.1) is 0 Å². The number of fused-ring (bicyclic) bond motifs is 1. The molecule has 5 heteroatoms. The molecule has 2 heterocycles. The lowest BCUT2D eigenvalue weighted by atomic mass is 10.1. The highest BCUT2D eigenvalue weighted by atomic mass is 16.7. The summed E-state index contributed by atoms with van der Waals surface area (Å²) in [5.74, 6) is 1.45. The Labute approximate surface area is 112 Å². The maximum absolute atomic E-state index is 12.5. The van der Waals surface area contributed by atoms with Crippen molar-refractivity contribution >= 4 is 5.91 Å². The van der Waals surface area contributed by atoms with Gasteiger partial charge < -0.3 is 19.7 Å². The molecule has 2 aliphatic rings. The summed E-state index contributed by atoms with van der Waals surface area (Å²) in [6.07, 6.45) is 2.14. The number of ether oxygens (including phenoxy) is 2. The molecule has 0 aliphatic carbocycles. The van der Waals surface area contributed by atoms with Gasteiger partial charge in [-0.05, 0) is 38.1 Å². The molecule has 1 aromatic rings. The van der Waals surface area contributed by atoms with Gasteiger partial charge in [0.05, 0.1) is 0 Å². The van der Waals surface area contributed by atoms with Crippen LogP contribution in [-0.4, -0.2) is 43.8 Å². The number of likely N-dealkylation sites (tertiary alicyclic amines) is 1. The van der Waals surface area contributed by atoms with Crippen LogP contribution in [0.2, 0.25) is 0 Å². The third kappa shape index (κ3) is 2.26. The third-order valence-electron chi connectivity index (χ3n) is 3.70. The summed E-state index contributed by atoms with van der Waals surface area (Å²) >= 11 is 0. The molecule has 1 fully saturated rings. The van der Waals surface area contributed by atoms with Gasteiger partial charge >= 0.3 is 0 Å². The number of benzene rings is 1. The van der Waals surface area contributed by atoms with Crippen LogP contribution in [-0.2, 0) is 0 Å². The van der Waals surface area contributed by atoms with Gasteiger partial charge in [0, 0.05) is 24.7 Å². The van der Waals surface area contributed by atoms with E-state index < -0.39 is 0 Å². The second kappa shape index (κ2) is 5.09. The van der Waals surface area contributed by atoms with Crippen molar-refractivity contribution in [2.75, 3.05) is 26.9 Å². The maximum Gasteiger partial charge on any atom is 0.254 e. The summed E-state index contributed by atoms with van der Waals surface area (Å²) in [5, 5.41) is 3.15. The number of carbonyl (C=O) groups excluding carboxylic acids is 1. The van der Waals surface area contributed by atoms with E-state index in [9.17, 15) is 4.79 Å². The van der Waals surface area contributed by atoms with E-state index >= 15 is 0 Å². The number of rotatable bonds is 3. The van der Waals surface area contributed by atoms with Crippen molar-refractivity contribution in [1.29, 1.82) is 0 Å². The molecule has 1 saturated heterocycles. The van der Waals surface area contributed by atoms with E-state index in [-0.39, 0.29) is 12.7 Å². The third-order valence-corrected chi connectivity index (χ3v) is 3.70. The number of nitrogens with zero attached hydrogens (tertiary/aromatic N) is 1. The first kappa shape index (κ1) is 12.3. The van der Waals surface area contributed by atoms with E-state index in [1.165, 1.54) is 0 Å². The van der Waals surface area contributed by atoms with Crippen LogP contribution in [0.1, 0.15) is 23.2 Å². The number of hydrogen-bond acceptors (Lipinski definition) is 4. The zero-order valence-corrected chi connectivity index (χ0v) is 11.0. The molecular formula is C14H18N2O3. The first-order valence-corrected chi connectivity index (χ1v) is 6.65. The molecule has 1 aromatic carbocycles. The predicted octanol–water partition coefficient (Wildman–Crippen LogP) is 1.24. The smallest absolute Gasteiger partial charge is 0.254 e. The SMILES string of the molecule is CNC[C@@H]1CCCN1C(=O)c1ccc2c(c1)OCO2. The summed E-state index contributed by atoms with van der Waals surface area (Å²) in [5.41, 5.74) is 0.673.